The van der Waals surface area contributed by atoms with Gasteiger partial charge in [0.2, 0.25) is 16.8 Å². The van der Waals surface area contributed by atoms with Gasteiger partial charge in [-0.15, -0.1) is 10.2 Å². The van der Waals surface area contributed by atoms with Gasteiger partial charge < -0.3 is 0 Å². The van der Waals surface area contributed by atoms with E-state index in [2.05, 4.69) is 15.3 Å². The van der Waals surface area contributed by atoms with Crippen LogP contribution in [0.1, 0.15) is 0 Å². The second-order valence-electron chi connectivity index (χ2n) is 5.92. The molecule has 2 aromatic carbocycles. The Hall–Kier alpha value is -3.32. The summed E-state index contributed by atoms with van der Waals surface area (Å²) in [5, 5.41) is 13.7. The molecule has 0 amide bonds. The van der Waals surface area contributed by atoms with Gasteiger partial charge in [0, 0.05) is 23.1 Å². The summed E-state index contributed by atoms with van der Waals surface area (Å²) in [7, 11) is 0. The highest BCUT2D eigenvalue weighted by molar-refractivity contribution is 7.99. The number of benzene rings is 2. The maximum atomic E-state index is 4.76. The van der Waals surface area contributed by atoms with E-state index in [1.807, 2.05) is 72.9 Å². The predicted octanol–water partition coefficient (Wildman–Crippen LogP) is 4.01. The SMILES string of the molecule is C1=Nn2c(nnc2-c2nc(-c3ccccc3)cc(-c3ccccc3)n2)SC1. The zero-order valence-electron chi connectivity index (χ0n) is 14.2. The normalized spacial score (nSPS) is 12.7. The van der Waals surface area contributed by atoms with Crippen LogP contribution in [0.2, 0.25) is 0 Å². The van der Waals surface area contributed by atoms with Crippen LogP contribution in [-0.2, 0) is 0 Å². The van der Waals surface area contributed by atoms with Gasteiger partial charge in [0.25, 0.3) is 0 Å². The molecule has 1 aliphatic rings. The van der Waals surface area contributed by atoms with Gasteiger partial charge in [0.05, 0.1) is 11.4 Å². The highest BCUT2D eigenvalue weighted by atomic mass is 32.2. The van der Waals surface area contributed by atoms with Crippen molar-refractivity contribution in [3.63, 3.8) is 0 Å². The van der Waals surface area contributed by atoms with E-state index in [-0.39, 0.29) is 0 Å². The number of rotatable bonds is 3. The fraction of sp³-hybridized carbons (Fsp3) is 0.0500. The van der Waals surface area contributed by atoms with Crippen LogP contribution in [0.3, 0.4) is 0 Å². The fourth-order valence-corrected chi connectivity index (χ4v) is 3.53. The lowest BCUT2D eigenvalue weighted by Gasteiger charge is -2.10. The molecule has 0 aliphatic carbocycles. The molecule has 1 aliphatic heterocycles. The first-order chi connectivity index (χ1) is 13.4. The van der Waals surface area contributed by atoms with Crippen LogP contribution in [-0.4, -0.2) is 36.8 Å². The molecule has 7 heteroatoms. The quantitative estimate of drug-likeness (QED) is 0.545. The van der Waals surface area contributed by atoms with Crippen LogP contribution in [0.4, 0.5) is 0 Å². The van der Waals surface area contributed by atoms with Crippen molar-refractivity contribution in [3.8, 4) is 34.2 Å². The number of thioether (sulfide) groups is 1. The third-order valence-electron chi connectivity index (χ3n) is 4.16. The molecule has 0 N–H and O–H groups in total. The monoisotopic (exact) mass is 370 g/mol. The molecule has 0 spiro atoms. The Balaban J connectivity index is 1.72. The molecule has 0 atom stereocenters. The van der Waals surface area contributed by atoms with Crippen molar-refractivity contribution in [1.82, 2.24) is 24.8 Å². The molecule has 2 aromatic heterocycles. The number of hydrogen-bond donors (Lipinski definition) is 0. The van der Waals surface area contributed by atoms with Crippen molar-refractivity contribution in [3.05, 3.63) is 66.7 Å². The molecule has 5 rings (SSSR count). The summed E-state index contributed by atoms with van der Waals surface area (Å²) in [6.07, 6.45) is 1.84. The molecule has 6 nitrogen and oxygen atoms in total. The molecule has 27 heavy (non-hydrogen) atoms. The largest absolute Gasteiger partial charge is 0.225 e. The molecule has 0 fully saturated rings. The highest BCUT2D eigenvalue weighted by Gasteiger charge is 2.20. The zero-order valence-corrected chi connectivity index (χ0v) is 15.0. The molecule has 4 aromatic rings. The van der Waals surface area contributed by atoms with Gasteiger partial charge in [-0.1, -0.05) is 72.4 Å². The van der Waals surface area contributed by atoms with Crippen LogP contribution >= 0.6 is 11.8 Å². The summed E-state index contributed by atoms with van der Waals surface area (Å²) < 4.78 is 1.70. The first-order valence-electron chi connectivity index (χ1n) is 8.50. The first-order valence-corrected chi connectivity index (χ1v) is 9.48. The van der Waals surface area contributed by atoms with Crippen molar-refractivity contribution >= 4 is 18.0 Å². The molecule has 130 valence electrons. The maximum Gasteiger partial charge on any atom is 0.223 e. The lowest BCUT2D eigenvalue weighted by Crippen LogP contribution is -2.04. The minimum absolute atomic E-state index is 0.508. The Labute approximate surface area is 160 Å². The Morgan fingerprint density at radius 1 is 0.778 bits per heavy atom. The Bertz CT molecular complexity index is 1060. The summed E-state index contributed by atoms with van der Waals surface area (Å²) in [6, 6.07) is 22.1. The first kappa shape index (κ1) is 15.9. The number of hydrogen-bond acceptors (Lipinski definition) is 6. The standard InChI is InChI=1S/C20H14N6S/c1-3-7-14(8-4-1)16-13-17(15-9-5-2-6-10-15)23-18(22-16)19-24-25-20-26(19)21-11-12-27-20/h1-11,13H,12H2. The van der Waals surface area contributed by atoms with Crippen molar-refractivity contribution < 1.29 is 0 Å². The molecule has 0 saturated carbocycles. The van der Waals surface area contributed by atoms with E-state index in [0.717, 1.165) is 33.4 Å². The smallest absolute Gasteiger partial charge is 0.223 e. The number of fused-ring (bicyclic) bond motifs is 1. The van der Waals surface area contributed by atoms with Gasteiger partial charge in [-0.2, -0.15) is 9.78 Å². The third-order valence-corrected chi connectivity index (χ3v) is 4.99. The Kier molecular flexibility index (Phi) is 3.99. The van der Waals surface area contributed by atoms with Gasteiger partial charge in [-0.25, -0.2) is 9.97 Å². The van der Waals surface area contributed by atoms with Crippen LogP contribution in [0.5, 0.6) is 0 Å². The van der Waals surface area contributed by atoms with Crippen molar-refractivity contribution in [2.45, 2.75) is 5.16 Å². The van der Waals surface area contributed by atoms with E-state index < -0.39 is 0 Å². The minimum Gasteiger partial charge on any atom is -0.225 e. The van der Waals surface area contributed by atoms with E-state index in [4.69, 9.17) is 9.97 Å². The van der Waals surface area contributed by atoms with Crippen LogP contribution < -0.4 is 0 Å². The van der Waals surface area contributed by atoms with E-state index in [1.54, 1.807) is 16.4 Å². The maximum absolute atomic E-state index is 4.76. The molecular weight excluding hydrogens is 356 g/mol. The minimum atomic E-state index is 0.508. The van der Waals surface area contributed by atoms with Crippen molar-refractivity contribution in [1.29, 1.82) is 0 Å². The molecule has 0 unspecified atom stereocenters. The van der Waals surface area contributed by atoms with Crippen molar-refractivity contribution in [2.24, 2.45) is 5.10 Å². The van der Waals surface area contributed by atoms with Gasteiger partial charge in [0.1, 0.15) is 0 Å². The summed E-state index contributed by atoms with van der Waals surface area (Å²) in [5.41, 5.74) is 3.72. The number of nitrogens with zero attached hydrogens (tertiary/aromatic N) is 6. The van der Waals surface area contributed by atoms with E-state index in [9.17, 15) is 0 Å². The summed E-state index contributed by atoms with van der Waals surface area (Å²) in [6.45, 7) is 0. The van der Waals surface area contributed by atoms with Gasteiger partial charge in [-0.05, 0) is 6.07 Å². The summed E-state index contributed by atoms with van der Waals surface area (Å²) in [5.74, 6) is 1.84. The topological polar surface area (TPSA) is 68.8 Å². The van der Waals surface area contributed by atoms with E-state index >= 15 is 0 Å². The van der Waals surface area contributed by atoms with Crippen LogP contribution in [0, 0.1) is 0 Å². The molecule has 0 radical (unpaired) electrons. The molecule has 3 heterocycles. The summed E-state index contributed by atoms with van der Waals surface area (Å²) >= 11 is 1.59. The lowest BCUT2D eigenvalue weighted by atomic mass is 10.1. The van der Waals surface area contributed by atoms with Gasteiger partial charge >= 0.3 is 0 Å². The zero-order chi connectivity index (χ0) is 18.1. The Morgan fingerprint density at radius 2 is 1.41 bits per heavy atom. The van der Waals surface area contributed by atoms with Crippen LogP contribution in [0.15, 0.2) is 77.0 Å². The van der Waals surface area contributed by atoms with E-state index in [0.29, 0.717) is 11.6 Å². The predicted molar refractivity (Wildman–Crippen MR) is 107 cm³/mol. The molecule has 0 bridgehead atoms. The fourth-order valence-electron chi connectivity index (χ4n) is 2.89. The molecule has 0 saturated heterocycles. The Morgan fingerprint density at radius 3 is 2.04 bits per heavy atom. The van der Waals surface area contributed by atoms with Gasteiger partial charge in [0.15, 0.2) is 0 Å². The third kappa shape index (κ3) is 3.02. The lowest BCUT2D eigenvalue weighted by molar-refractivity contribution is 0.763. The van der Waals surface area contributed by atoms with Crippen LogP contribution in [0.25, 0.3) is 34.2 Å². The average molecular weight is 370 g/mol. The second-order valence-corrected chi connectivity index (χ2v) is 6.91. The van der Waals surface area contributed by atoms with E-state index in [1.165, 1.54) is 0 Å². The molecular formula is C20H14N6S. The van der Waals surface area contributed by atoms with Gasteiger partial charge in [-0.3, -0.25) is 0 Å². The van der Waals surface area contributed by atoms with Crippen molar-refractivity contribution in [2.75, 3.05) is 5.75 Å². The summed E-state index contributed by atoms with van der Waals surface area (Å²) in [4.78, 5) is 9.52. The average Bonchev–Trinajstić information content (AvgIpc) is 3.19. The number of aromatic nitrogens is 5. The highest BCUT2D eigenvalue weighted by Crippen LogP contribution is 2.29. The second kappa shape index (κ2) is 6.77.